The molecule has 0 aliphatic rings. The fraction of sp³-hybridized carbons (Fsp3) is 0. The zero-order valence-corrected chi connectivity index (χ0v) is 39.8. The van der Waals surface area contributed by atoms with Gasteiger partial charge < -0.3 is 59.2 Å². The lowest BCUT2D eigenvalue weighted by molar-refractivity contribution is 3.15. The molecule has 0 aliphatic carbocycles. The van der Waals surface area contributed by atoms with E-state index in [-0.39, 0.29) is 0 Å². The molecule has 0 aromatic heterocycles. The highest BCUT2D eigenvalue weighted by atomic mass is 13.5. The minimum absolute atomic E-state index is 1.13. The van der Waals surface area contributed by atoms with Gasteiger partial charge >= 0.3 is 0 Å². The third kappa shape index (κ3) is 19.9. The quantitative estimate of drug-likeness (QED) is 0.0587. The Labute approximate surface area is 484 Å². The highest BCUT2D eigenvalue weighted by Crippen LogP contribution is 2.26. The minimum Gasteiger partial charge on any atom is -0.729 e. The van der Waals surface area contributed by atoms with Crippen molar-refractivity contribution < 1.29 is 0 Å². The van der Waals surface area contributed by atoms with Crippen LogP contribution in [-0.2, 0) is 0 Å². The van der Waals surface area contributed by atoms with Crippen LogP contribution in [0.15, 0.2) is 0 Å². The predicted molar refractivity (Wildman–Crippen MR) is 397 cm³/mol. The van der Waals surface area contributed by atoms with E-state index in [1.54, 1.807) is 0 Å². The minimum atomic E-state index is -1.68. The van der Waals surface area contributed by atoms with Crippen molar-refractivity contribution in [2.75, 3.05) is 0 Å². The first-order chi connectivity index (χ1) is 31.4. The van der Waals surface area contributed by atoms with Crippen molar-refractivity contribution in [3.05, 3.63) is 0 Å². The maximum absolute atomic E-state index is 6.82. The molecule has 0 aromatic rings. The van der Waals surface area contributed by atoms with E-state index in [0.29, 0.717) is 0 Å². The van der Waals surface area contributed by atoms with Crippen LogP contribution in [0.1, 0.15) is 0 Å². The van der Waals surface area contributed by atoms with Crippen molar-refractivity contribution in [3.8, 4) is 0 Å². The molecule has 0 heterocycles. The summed E-state index contributed by atoms with van der Waals surface area (Å²) in [7, 11) is 236. The van der Waals surface area contributed by atoms with Gasteiger partial charge in [-0.25, -0.2) is 6.39 Å². The van der Waals surface area contributed by atoms with Crippen LogP contribution < -0.4 is 0 Å². The number of hydrogen-bond acceptors (Lipinski definition) is 0. The third-order valence-electron chi connectivity index (χ3n) is 14.4. The van der Waals surface area contributed by atoms with E-state index in [1.807, 2.05) is 0 Å². The molecular weight excluding hydrogens is 746 g/mol. The molecule has 69 heteroatoms. The van der Waals surface area contributed by atoms with Crippen molar-refractivity contribution in [2.45, 2.75) is 0 Å². The summed E-state index contributed by atoms with van der Waals surface area (Å²) < 4.78 is 0. The Morgan fingerprint density at radius 3 is 0.435 bits per heavy atom. The lowest BCUT2D eigenvalue weighted by Crippen LogP contribution is -2.98. The van der Waals surface area contributed by atoms with Gasteiger partial charge in [0.2, 0.25) is 0 Å². The SMILES string of the molecule is [B]B([B])B(B([B])[B])B(B(B([B])[B])B([B])[B])B(B(B(B([B])[B])B([B])[B])B(B([B])[B])B([B])[B])B(B(B(B([B])[B])B([B])[B])B(B([B])[B])B([B])[B])B(B(B([B])[B])B([B])[B])B(B([B][B-])B([B-])[B-])B(B([B])[B-])B([B-])[B-]. The maximum Gasteiger partial charge on any atom is -0.000000000000000000164 e. The smallest absolute Gasteiger partial charge is 0.000000000000000000164 e. The van der Waals surface area contributed by atoms with Crippen LogP contribution in [0.2, 0.25) is 0 Å². The molecule has 0 aliphatic heterocycles. The summed E-state index contributed by atoms with van der Waals surface area (Å²) >= 11 is 0. The van der Waals surface area contributed by atoms with Crippen LogP contribution in [0.25, 0.3) is 0 Å². The summed E-state index contributed by atoms with van der Waals surface area (Å²) in [5, 5.41) is 0. The Bertz CT molecular complexity index is 1130. The molecule has 0 fully saturated rings. The van der Waals surface area contributed by atoms with Gasteiger partial charge in [-0.15, -0.1) is 12.8 Å². The molecule has 0 unspecified atom stereocenters. The van der Waals surface area contributed by atoms with Crippen LogP contribution in [0.3, 0.4) is 0 Å². The van der Waals surface area contributed by atoms with E-state index in [4.69, 9.17) is 271 Å². The van der Waals surface area contributed by atoms with Gasteiger partial charge in [-0.3, -0.25) is 7.06 Å². The molecule has 77 radical (unpaired) electrons. The molecule has 0 bridgehead atoms. The second-order valence-electron chi connectivity index (χ2n) is 19.2. The van der Waals surface area contributed by atoms with Crippen LogP contribution in [-0.4, -0.2) is 489 Å². The van der Waals surface area contributed by atoms with Crippen molar-refractivity contribution in [2.24, 2.45) is 0 Å². The Balaban J connectivity index is 11.6. The molecule has 0 atom stereocenters. The summed E-state index contributed by atoms with van der Waals surface area (Å²) in [6.07, 6.45) is -50.2. The van der Waals surface area contributed by atoms with E-state index in [9.17, 15) is 0 Å². The second-order valence-corrected chi connectivity index (χ2v) is 19.2. The first-order valence-corrected chi connectivity index (χ1v) is 22.7. The summed E-state index contributed by atoms with van der Waals surface area (Å²) in [6, 6.07) is 0. The van der Waals surface area contributed by atoms with E-state index in [2.05, 4.69) is 0 Å². The fourth-order valence-corrected chi connectivity index (χ4v) is 12.1. The van der Waals surface area contributed by atoms with Gasteiger partial charge in [-0.05, 0) is 403 Å². The van der Waals surface area contributed by atoms with Gasteiger partial charge in [0.05, 0.1) is 0 Å². The van der Waals surface area contributed by atoms with Crippen molar-refractivity contribution in [1.29, 1.82) is 0 Å². The maximum atomic E-state index is 6.82. The number of rotatable bonds is 33. The topological polar surface area (TPSA) is 0 Å². The third-order valence-corrected chi connectivity index (χ3v) is 14.4. The summed E-state index contributed by atoms with van der Waals surface area (Å²) in [5.74, 6) is 0. The van der Waals surface area contributed by atoms with Gasteiger partial charge in [0.15, 0.2) is 0 Å². The van der Waals surface area contributed by atoms with E-state index in [0.717, 1.165) is 7.06 Å². The van der Waals surface area contributed by atoms with Gasteiger partial charge in [0.25, 0.3) is 0 Å². The van der Waals surface area contributed by atoms with Crippen LogP contribution in [0.5, 0.6) is 0 Å². The molecule has 0 aromatic carbocycles. The van der Waals surface area contributed by atoms with Crippen LogP contribution in [0.4, 0.5) is 0 Å². The average Bonchev–Trinajstić information content (AvgIpc) is 3.12. The van der Waals surface area contributed by atoms with Crippen molar-refractivity contribution in [3.63, 3.8) is 0 Å². The lowest BCUT2D eigenvalue weighted by atomic mass is 8.21. The fourth-order valence-electron chi connectivity index (χ4n) is 12.1. The van der Waals surface area contributed by atoms with E-state index in [1.165, 1.54) is 0 Å². The highest BCUT2D eigenvalue weighted by Gasteiger charge is 2.63. The van der Waals surface area contributed by atoms with Gasteiger partial charge in [-0.2, -0.15) is 0 Å². The van der Waals surface area contributed by atoms with E-state index >= 15 is 0 Å². The lowest BCUT2D eigenvalue weighted by Gasteiger charge is -2.66. The summed E-state index contributed by atoms with van der Waals surface area (Å²) in [5.41, 5.74) is 0. The molecular formula is B69-6. The van der Waals surface area contributed by atoms with Crippen LogP contribution in [0, 0.1) is 0 Å². The number of hydrogen-bond donors (Lipinski definition) is 0. The van der Waals surface area contributed by atoms with E-state index < -0.39 is 211 Å². The Kier molecular flexibility index (Phi) is 36.1. The highest BCUT2D eigenvalue weighted by molar-refractivity contribution is 8.39. The zero-order valence-electron chi connectivity index (χ0n) is 39.8. The summed E-state index contributed by atoms with van der Waals surface area (Å²) in [6.45, 7) is 0. The molecule has 0 N–H and O–H groups in total. The summed E-state index contributed by atoms with van der Waals surface area (Å²) in [4.78, 5) is 0. The monoisotopic (exact) mass is 760 g/mol. The van der Waals surface area contributed by atoms with Crippen molar-refractivity contribution >= 4 is 489 Å². The Hall–Kier alpha value is 4.48. The largest absolute Gasteiger partial charge is 0.729 e. The van der Waals surface area contributed by atoms with Gasteiger partial charge in [-0.1, -0.05) is 0 Å². The standard InChI is InChI=1S/B69/c1-36-54(37(2)3)63(55(38(4)5)39(6)7)67(62(52(32)33)53(34)35)69(66(60(48(24)25)49(26)27)61(50(28)29)51(30)31)68(64(56(40(8)9)41(10)11)57(42(12)13)43(14)15)65(58(44(16)17)45(18)19)59(46(20)21)47(22)23/q-6. The van der Waals surface area contributed by atoms with Gasteiger partial charge in [0, 0.05) is 0 Å². The molecule has 0 rings (SSSR count). The average molecular weight is 746 g/mol. The first kappa shape index (κ1) is 73.5. The molecule has 0 saturated carbocycles. The molecule has 213 valence electrons. The molecule has 0 spiro atoms. The first-order valence-electron chi connectivity index (χ1n) is 22.7. The van der Waals surface area contributed by atoms with Crippen LogP contribution >= 0.6 is 0 Å². The molecule has 69 heavy (non-hydrogen) atoms. The molecule has 0 nitrogen and oxygen atoms in total. The van der Waals surface area contributed by atoms with Crippen molar-refractivity contribution in [1.82, 2.24) is 0 Å². The normalized spacial score (nSPS) is 9.83. The Morgan fingerprint density at radius 2 is 0.333 bits per heavy atom. The second kappa shape index (κ2) is 33.9. The predicted octanol–water partition coefficient (Wildman–Crippen LogP) is -26.3. The molecule has 0 amide bonds. The zero-order chi connectivity index (χ0) is 54.8. The van der Waals surface area contributed by atoms with Gasteiger partial charge in [0.1, 0.15) is 0 Å². The molecule has 0 saturated heterocycles. The Morgan fingerprint density at radius 1 is 0.188 bits per heavy atom.